The van der Waals surface area contributed by atoms with E-state index in [-0.39, 0.29) is 16.5 Å². The summed E-state index contributed by atoms with van der Waals surface area (Å²) in [5.41, 5.74) is 8.64. The van der Waals surface area contributed by atoms with Crippen LogP contribution in [-0.4, -0.2) is 49.0 Å². The number of fused-ring (bicyclic) bond motifs is 1. The summed E-state index contributed by atoms with van der Waals surface area (Å²) < 4.78 is 0. The topological polar surface area (TPSA) is 81.9 Å². The van der Waals surface area contributed by atoms with E-state index in [4.69, 9.17) is 17.3 Å². The average Bonchev–Trinajstić information content (AvgIpc) is 2.84. The summed E-state index contributed by atoms with van der Waals surface area (Å²) in [5.74, 6) is 0.158. The normalized spacial score (nSPS) is 16.4. The van der Waals surface area contributed by atoms with Gasteiger partial charge >= 0.3 is 0 Å². The molecule has 144 valence electrons. The highest BCUT2D eigenvalue weighted by Crippen LogP contribution is 2.35. The van der Waals surface area contributed by atoms with Gasteiger partial charge in [0, 0.05) is 31.8 Å². The zero-order valence-electron chi connectivity index (χ0n) is 15.6. The van der Waals surface area contributed by atoms with Gasteiger partial charge in [-0.25, -0.2) is 5.01 Å². The highest BCUT2D eigenvalue weighted by molar-refractivity contribution is 6.34. The maximum Gasteiger partial charge on any atom is 0.258 e. The highest BCUT2D eigenvalue weighted by atomic mass is 35.5. The molecule has 28 heavy (non-hydrogen) atoms. The van der Waals surface area contributed by atoms with E-state index in [1.54, 1.807) is 11.0 Å². The van der Waals surface area contributed by atoms with Gasteiger partial charge in [0.05, 0.1) is 28.5 Å². The molecule has 7 nitrogen and oxygen atoms in total. The van der Waals surface area contributed by atoms with Crippen molar-refractivity contribution in [3.05, 3.63) is 70.0 Å². The number of hydrogen-bond acceptors (Lipinski definition) is 5. The number of likely N-dealkylation sites (N-methyl/N-ethyl adjacent to an activating group) is 1. The molecule has 0 aliphatic carbocycles. The number of nitrogens with zero attached hydrogens (tertiary/aromatic N) is 3. The first-order chi connectivity index (χ1) is 13.4. The van der Waals surface area contributed by atoms with E-state index in [0.717, 1.165) is 29.3 Å². The van der Waals surface area contributed by atoms with Crippen molar-refractivity contribution in [3.8, 4) is 0 Å². The number of benzene rings is 2. The van der Waals surface area contributed by atoms with Crippen molar-refractivity contribution >= 4 is 34.8 Å². The monoisotopic (exact) mass is 397 g/mol. The molecule has 0 saturated carbocycles. The molecule has 0 spiro atoms. The van der Waals surface area contributed by atoms with Crippen LogP contribution in [0.25, 0.3) is 0 Å². The Balaban J connectivity index is 1.76. The molecule has 2 aliphatic heterocycles. The lowest BCUT2D eigenvalue weighted by Crippen LogP contribution is -2.35. The molecule has 0 radical (unpaired) electrons. The van der Waals surface area contributed by atoms with E-state index in [0.29, 0.717) is 12.1 Å². The lowest BCUT2D eigenvalue weighted by Gasteiger charge is -2.27. The third-order valence-electron chi connectivity index (χ3n) is 5.11. The third-order valence-corrected chi connectivity index (χ3v) is 5.43. The number of halogens is 1. The summed E-state index contributed by atoms with van der Waals surface area (Å²) in [5, 5.41) is 7.74. The van der Waals surface area contributed by atoms with Gasteiger partial charge in [-0.3, -0.25) is 14.6 Å². The van der Waals surface area contributed by atoms with E-state index < -0.39 is 5.91 Å². The van der Waals surface area contributed by atoms with E-state index in [1.807, 2.05) is 43.4 Å². The van der Waals surface area contributed by atoms with Crippen LogP contribution in [0.4, 0.5) is 11.4 Å². The molecule has 3 N–H and O–H groups in total. The van der Waals surface area contributed by atoms with Crippen molar-refractivity contribution in [1.29, 1.82) is 0 Å². The first-order valence-electron chi connectivity index (χ1n) is 8.81. The molecule has 2 heterocycles. The average molecular weight is 398 g/mol. The van der Waals surface area contributed by atoms with Crippen molar-refractivity contribution in [2.75, 3.05) is 37.4 Å². The number of rotatable bonds is 2. The van der Waals surface area contributed by atoms with Gasteiger partial charge in [0.2, 0.25) is 5.91 Å². The second kappa shape index (κ2) is 6.85. The fourth-order valence-corrected chi connectivity index (χ4v) is 3.83. The number of hydrogen-bond donors (Lipinski definition) is 2. The van der Waals surface area contributed by atoms with Crippen LogP contribution in [0.3, 0.4) is 0 Å². The minimum absolute atomic E-state index is 0.166. The van der Waals surface area contributed by atoms with Gasteiger partial charge < -0.3 is 16.0 Å². The Hall–Kier alpha value is -3.03. The van der Waals surface area contributed by atoms with Gasteiger partial charge in [0.15, 0.2) is 0 Å². The van der Waals surface area contributed by atoms with Crippen LogP contribution in [0.1, 0.15) is 20.7 Å². The van der Waals surface area contributed by atoms with Gasteiger partial charge in [-0.15, -0.1) is 0 Å². The minimum Gasteiger partial charge on any atom is -0.366 e. The molecule has 2 aliphatic rings. The van der Waals surface area contributed by atoms with Gasteiger partial charge in [-0.05, 0) is 30.3 Å². The summed E-state index contributed by atoms with van der Waals surface area (Å²) in [4.78, 5) is 26.5. The smallest absolute Gasteiger partial charge is 0.258 e. The number of para-hydroxylation sites is 2. The highest BCUT2D eigenvalue weighted by Gasteiger charge is 2.32. The number of carbonyl (C=O) groups is 2. The van der Waals surface area contributed by atoms with Gasteiger partial charge in [-0.1, -0.05) is 23.7 Å². The Kier molecular flexibility index (Phi) is 4.49. The SMILES string of the molecule is CN1CC2=C(Nc3ccccc3N(C(=O)c3ccc(C(N)=O)c(Cl)c3)C2)N1C. The lowest BCUT2D eigenvalue weighted by molar-refractivity contribution is 0.0978. The standard InChI is InChI=1S/C20H20ClN5O2/c1-24-10-13-11-26(17-6-4-3-5-16(17)23-19(13)25(24)2)20(28)12-7-8-14(18(22)27)15(21)9-12/h3-9,23H,10-11H2,1-2H3,(H2,22,27). The molecule has 0 unspecified atom stereocenters. The van der Waals surface area contributed by atoms with Crippen molar-refractivity contribution in [1.82, 2.24) is 10.0 Å². The van der Waals surface area contributed by atoms with E-state index in [2.05, 4.69) is 10.3 Å². The van der Waals surface area contributed by atoms with Crippen LogP contribution >= 0.6 is 11.6 Å². The van der Waals surface area contributed by atoms with Crippen LogP contribution in [0.15, 0.2) is 53.9 Å². The van der Waals surface area contributed by atoms with Crippen molar-refractivity contribution in [2.45, 2.75) is 0 Å². The molecule has 4 rings (SSSR count). The van der Waals surface area contributed by atoms with E-state index in [1.165, 1.54) is 12.1 Å². The minimum atomic E-state index is -0.625. The van der Waals surface area contributed by atoms with Crippen molar-refractivity contribution in [2.24, 2.45) is 5.73 Å². The Bertz CT molecular complexity index is 1020. The van der Waals surface area contributed by atoms with Gasteiger partial charge in [0.1, 0.15) is 5.82 Å². The number of anilines is 2. The number of amides is 2. The summed E-state index contributed by atoms with van der Waals surface area (Å²) >= 11 is 6.16. The Morgan fingerprint density at radius 1 is 1.11 bits per heavy atom. The lowest BCUT2D eigenvalue weighted by atomic mass is 10.1. The van der Waals surface area contributed by atoms with Crippen LogP contribution in [0, 0.1) is 0 Å². The molecule has 0 fully saturated rings. The number of primary amides is 1. The van der Waals surface area contributed by atoms with Crippen LogP contribution < -0.4 is 16.0 Å². The molecular weight excluding hydrogens is 378 g/mol. The largest absolute Gasteiger partial charge is 0.366 e. The second-order valence-corrected chi connectivity index (χ2v) is 7.29. The maximum absolute atomic E-state index is 13.4. The number of nitrogens with one attached hydrogen (secondary N) is 1. The zero-order valence-corrected chi connectivity index (χ0v) is 16.3. The van der Waals surface area contributed by atoms with Crippen molar-refractivity contribution in [3.63, 3.8) is 0 Å². The first kappa shape index (κ1) is 18.3. The summed E-state index contributed by atoms with van der Waals surface area (Å²) in [7, 11) is 3.98. The molecule has 2 amide bonds. The Morgan fingerprint density at radius 3 is 2.57 bits per heavy atom. The molecule has 0 saturated heterocycles. The fourth-order valence-electron chi connectivity index (χ4n) is 3.55. The predicted molar refractivity (Wildman–Crippen MR) is 109 cm³/mol. The second-order valence-electron chi connectivity index (χ2n) is 6.88. The zero-order chi connectivity index (χ0) is 20.0. The predicted octanol–water partition coefficient (Wildman–Crippen LogP) is 2.52. The summed E-state index contributed by atoms with van der Waals surface area (Å²) in [6.45, 7) is 1.17. The number of hydrazine groups is 1. The van der Waals surface area contributed by atoms with Crippen LogP contribution in [0.5, 0.6) is 0 Å². The quantitative estimate of drug-likeness (QED) is 0.813. The van der Waals surface area contributed by atoms with E-state index in [9.17, 15) is 9.59 Å². The molecule has 0 bridgehead atoms. The number of carbonyl (C=O) groups excluding carboxylic acids is 2. The first-order valence-corrected chi connectivity index (χ1v) is 9.18. The Labute approximate surface area is 167 Å². The fraction of sp³-hybridized carbons (Fsp3) is 0.200. The molecule has 2 aromatic rings. The molecule has 0 aromatic heterocycles. The van der Waals surface area contributed by atoms with E-state index >= 15 is 0 Å². The summed E-state index contributed by atoms with van der Waals surface area (Å²) in [6.07, 6.45) is 0. The Morgan fingerprint density at radius 2 is 1.86 bits per heavy atom. The molecular formula is C20H20ClN5O2. The van der Waals surface area contributed by atoms with Crippen LogP contribution in [-0.2, 0) is 0 Å². The van der Waals surface area contributed by atoms with Crippen LogP contribution in [0.2, 0.25) is 5.02 Å². The molecule has 8 heteroatoms. The van der Waals surface area contributed by atoms with Gasteiger partial charge in [-0.2, -0.15) is 0 Å². The molecule has 2 aromatic carbocycles. The third kappa shape index (κ3) is 2.98. The maximum atomic E-state index is 13.4. The van der Waals surface area contributed by atoms with Gasteiger partial charge in [0.25, 0.3) is 5.91 Å². The summed E-state index contributed by atoms with van der Waals surface area (Å²) in [6, 6.07) is 12.2. The molecule has 0 atom stereocenters. The number of nitrogens with two attached hydrogens (primary N) is 1. The van der Waals surface area contributed by atoms with Crippen molar-refractivity contribution < 1.29 is 9.59 Å².